The fourth-order valence-electron chi connectivity index (χ4n) is 4.47. The van der Waals surface area contributed by atoms with Crippen LogP contribution in [0.15, 0.2) is 41.3 Å². The van der Waals surface area contributed by atoms with Crippen LogP contribution in [0.5, 0.6) is 0 Å². The van der Waals surface area contributed by atoms with Crippen LogP contribution < -0.4 is 0 Å². The number of pyridine rings is 1. The summed E-state index contributed by atoms with van der Waals surface area (Å²) in [6, 6.07) is 5.95. The van der Waals surface area contributed by atoms with E-state index in [9.17, 15) is 4.79 Å². The molecule has 1 unspecified atom stereocenters. The van der Waals surface area contributed by atoms with Crippen molar-refractivity contribution in [3.05, 3.63) is 53.7 Å². The van der Waals surface area contributed by atoms with Gasteiger partial charge < -0.3 is 9.32 Å². The van der Waals surface area contributed by atoms with Gasteiger partial charge in [0.25, 0.3) is 5.91 Å². The van der Waals surface area contributed by atoms with E-state index in [2.05, 4.69) is 16.0 Å². The molecule has 138 valence electrons. The van der Waals surface area contributed by atoms with Gasteiger partial charge in [-0.3, -0.25) is 14.7 Å². The summed E-state index contributed by atoms with van der Waals surface area (Å²) in [4.78, 5) is 21.4. The van der Waals surface area contributed by atoms with Gasteiger partial charge in [-0.2, -0.15) is 0 Å². The number of amides is 1. The third-order valence-electron chi connectivity index (χ3n) is 6.03. The average molecular weight is 353 g/mol. The highest BCUT2D eigenvalue weighted by atomic mass is 16.3. The van der Waals surface area contributed by atoms with Crippen molar-refractivity contribution in [2.24, 2.45) is 11.8 Å². The smallest absolute Gasteiger partial charge is 0.257 e. The molecule has 2 aromatic heterocycles. The average Bonchev–Trinajstić information content (AvgIpc) is 3.32. The first-order valence-corrected chi connectivity index (χ1v) is 9.65. The quantitative estimate of drug-likeness (QED) is 0.846. The number of likely N-dealkylation sites (tertiary alicyclic amines) is 2. The van der Waals surface area contributed by atoms with Crippen molar-refractivity contribution < 1.29 is 9.21 Å². The molecular formula is C21H27N3O2. The number of hydrogen-bond acceptors (Lipinski definition) is 4. The topological polar surface area (TPSA) is 49.6 Å². The molecule has 2 aliphatic rings. The highest BCUT2D eigenvalue weighted by molar-refractivity contribution is 5.95. The van der Waals surface area contributed by atoms with E-state index in [0.717, 1.165) is 56.4 Å². The summed E-state index contributed by atoms with van der Waals surface area (Å²) in [6.07, 6.45) is 9.00. The SMILES string of the molecule is Cc1occc1C(=O)N1CCC(C2CCN(Cc3cccnc3)CC2)C1. The minimum atomic E-state index is 0.132. The Morgan fingerprint density at radius 1 is 1.19 bits per heavy atom. The number of furan rings is 1. The summed E-state index contributed by atoms with van der Waals surface area (Å²) in [6.45, 7) is 6.92. The maximum Gasteiger partial charge on any atom is 0.257 e. The van der Waals surface area contributed by atoms with E-state index in [1.54, 1.807) is 12.3 Å². The first-order valence-electron chi connectivity index (χ1n) is 9.65. The van der Waals surface area contributed by atoms with Crippen molar-refractivity contribution >= 4 is 5.91 Å². The fourth-order valence-corrected chi connectivity index (χ4v) is 4.47. The molecule has 2 saturated heterocycles. The summed E-state index contributed by atoms with van der Waals surface area (Å²) in [5, 5.41) is 0. The molecule has 1 atom stereocenters. The van der Waals surface area contributed by atoms with Crippen LogP contribution in [0.4, 0.5) is 0 Å². The molecule has 5 nitrogen and oxygen atoms in total. The Hall–Kier alpha value is -2.14. The lowest BCUT2D eigenvalue weighted by molar-refractivity contribution is 0.0771. The Balaban J connectivity index is 1.28. The third kappa shape index (κ3) is 3.68. The minimum absolute atomic E-state index is 0.132. The van der Waals surface area contributed by atoms with Gasteiger partial charge in [-0.25, -0.2) is 0 Å². The molecule has 0 spiro atoms. The molecule has 4 heterocycles. The molecule has 1 amide bonds. The molecule has 0 aliphatic carbocycles. The standard InChI is InChI=1S/C21H27N3O2/c1-16-20(7-12-26-16)21(25)24-11-6-19(15-24)18-4-9-23(10-5-18)14-17-3-2-8-22-13-17/h2-3,7-8,12-13,18-19H,4-6,9-11,14-15H2,1H3. The molecule has 2 aliphatic heterocycles. The van der Waals surface area contributed by atoms with Crippen LogP contribution in [-0.2, 0) is 6.54 Å². The maximum absolute atomic E-state index is 12.7. The van der Waals surface area contributed by atoms with E-state index in [0.29, 0.717) is 5.92 Å². The maximum atomic E-state index is 12.7. The number of carbonyl (C=O) groups excluding carboxylic acids is 1. The van der Waals surface area contributed by atoms with Crippen LogP contribution in [0.3, 0.4) is 0 Å². The molecule has 0 aromatic carbocycles. The number of aromatic nitrogens is 1. The first kappa shape index (κ1) is 17.3. The van der Waals surface area contributed by atoms with E-state index >= 15 is 0 Å². The first-order chi connectivity index (χ1) is 12.7. The zero-order valence-corrected chi connectivity index (χ0v) is 15.4. The summed E-state index contributed by atoms with van der Waals surface area (Å²) in [5.41, 5.74) is 2.01. The van der Waals surface area contributed by atoms with E-state index in [1.165, 1.54) is 18.4 Å². The van der Waals surface area contributed by atoms with Crippen molar-refractivity contribution in [1.29, 1.82) is 0 Å². The predicted molar refractivity (Wildman–Crippen MR) is 99.7 cm³/mol. The van der Waals surface area contributed by atoms with Gasteiger partial charge in [0, 0.05) is 32.0 Å². The van der Waals surface area contributed by atoms with Crippen molar-refractivity contribution in [1.82, 2.24) is 14.8 Å². The van der Waals surface area contributed by atoms with Gasteiger partial charge in [0.15, 0.2) is 0 Å². The fraction of sp³-hybridized carbons (Fsp3) is 0.524. The second kappa shape index (κ2) is 7.62. The van der Waals surface area contributed by atoms with Gasteiger partial charge >= 0.3 is 0 Å². The second-order valence-electron chi connectivity index (χ2n) is 7.67. The largest absolute Gasteiger partial charge is 0.469 e. The van der Waals surface area contributed by atoms with Crippen LogP contribution in [0, 0.1) is 18.8 Å². The van der Waals surface area contributed by atoms with Gasteiger partial charge in [-0.05, 0) is 68.8 Å². The predicted octanol–water partition coefficient (Wildman–Crippen LogP) is 3.36. The van der Waals surface area contributed by atoms with Gasteiger partial charge in [0.05, 0.1) is 11.8 Å². The van der Waals surface area contributed by atoms with E-state index in [1.807, 2.05) is 30.3 Å². The van der Waals surface area contributed by atoms with Crippen molar-refractivity contribution in [2.75, 3.05) is 26.2 Å². The molecule has 2 aromatic rings. The lowest BCUT2D eigenvalue weighted by Crippen LogP contribution is -2.37. The highest BCUT2D eigenvalue weighted by Crippen LogP contribution is 2.33. The van der Waals surface area contributed by atoms with Crippen molar-refractivity contribution in [3.63, 3.8) is 0 Å². The molecule has 0 radical (unpaired) electrons. The molecular weight excluding hydrogens is 326 g/mol. The summed E-state index contributed by atoms with van der Waals surface area (Å²) >= 11 is 0. The molecule has 2 fully saturated rings. The number of hydrogen-bond donors (Lipinski definition) is 0. The summed E-state index contributed by atoms with van der Waals surface area (Å²) in [5.74, 6) is 2.24. The van der Waals surface area contributed by atoms with Gasteiger partial charge in [0.2, 0.25) is 0 Å². The van der Waals surface area contributed by atoms with Crippen LogP contribution in [0.1, 0.15) is 40.9 Å². The molecule has 4 rings (SSSR count). The Morgan fingerprint density at radius 2 is 2.00 bits per heavy atom. The number of aryl methyl sites for hydroxylation is 1. The monoisotopic (exact) mass is 353 g/mol. The zero-order chi connectivity index (χ0) is 17.9. The van der Waals surface area contributed by atoms with E-state index in [-0.39, 0.29) is 5.91 Å². The number of nitrogens with zero attached hydrogens (tertiary/aromatic N) is 3. The lowest BCUT2D eigenvalue weighted by atomic mass is 9.83. The number of piperidine rings is 1. The van der Waals surface area contributed by atoms with Crippen LogP contribution >= 0.6 is 0 Å². The number of carbonyl (C=O) groups is 1. The van der Waals surface area contributed by atoms with Crippen molar-refractivity contribution in [3.8, 4) is 0 Å². The van der Waals surface area contributed by atoms with E-state index in [4.69, 9.17) is 4.42 Å². The molecule has 0 bridgehead atoms. The number of rotatable bonds is 4. The summed E-state index contributed by atoms with van der Waals surface area (Å²) < 4.78 is 5.29. The van der Waals surface area contributed by atoms with Crippen LogP contribution in [0.25, 0.3) is 0 Å². The van der Waals surface area contributed by atoms with Gasteiger partial charge in [-0.15, -0.1) is 0 Å². The Labute approximate surface area is 155 Å². The molecule has 26 heavy (non-hydrogen) atoms. The van der Waals surface area contributed by atoms with Crippen LogP contribution in [0.2, 0.25) is 0 Å². The van der Waals surface area contributed by atoms with Gasteiger partial charge in [0.1, 0.15) is 5.76 Å². The third-order valence-corrected chi connectivity index (χ3v) is 6.03. The Kier molecular flexibility index (Phi) is 5.07. The zero-order valence-electron chi connectivity index (χ0n) is 15.4. The Bertz CT molecular complexity index is 735. The van der Waals surface area contributed by atoms with Crippen LogP contribution in [-0.4, -0.2) is 46.9 Å². The molecule has 0 N–H and O–H groups in total. The highest BCUT2D eigenvalue weighted by Gasteiger charge is 2.34. The van der Waals surface area contributed by atoms with Gasteiger partial charge in [-0.1, -0.05) is 6.07 Å². The Morgan fingerprint density at radius 3 is 2.69 bits per heavy atom. The minimum Gasteiger partial charge on any atom is -0.469 e. The molecule has 0 saturated carbocycles. The normalized spacial score (nSPS) is 22.0. The lowest BCUT2D eigenvalue weighted by Gasteiger charge is -2.34. The summed E-state index contributed by atoms with van der Waals surface area (Å²) in [7, 11) is 0. The molecule has 5 heteroatoms. The second-order valence-corrected chi connectivity index (χ2v) is 7.67. The van der Waals surface area contributed by atoms with Crippen molar-refractivity contribution in [2.45, 2.75) is 32.7 Å². The van der Waals surface area contributed by atoms with E-state index < -0.39 is 0 Å².